The SMILES string of the molecule is c1ccc(-c2ccc(NC3CCN4CCCC34)cc2)cc1. The maximum absolute atomic E-state index is 3.75. The van der Waals surface area contributed by atoms with Crippen LogP contribution in [-0.2, 0) is 0 Å². The molecule has 0 aliphatic carbocycles. The van der Waals surface area contributed by atoms with Crippen LogP contribution in [0.25, 0.3) is 11.1 Å². The van der Waals surface area contributed by atoms with Gasteiger partial charge in [0.05, 0.1) is 0 Å². The second-order valence-corrected chi connectivity index (χ2v) is 6.23. The smallest absolute Gasteiger partial charge is 0.0429 e. The fourth-order valence-electron chi connectivity index (χ4n) is 3.85. The molecule has 2 nitrogen and oxygen atoms in total. The molecular formula is C19H22N2. The number of hydrogen-bond donors (Lipinski definition) is 1. The molecule has 4 rings (SSSR count). The number of nitrogens with one attached hydrogen (secondary N) is 1. The van der Waals surface area contributed by atoms with E-state index in [9.17, 15) is 0 Å². The molecule has 2 aliphatic rings. The van der Waals surface area contributed by atoms with Crippen molar-refractivity contribution in [2.75, 3.05) is 18.4 Å². The summed E-state index contributed by atoms with van der Waals surface area (Å²) >= 11 is 0. The number of benzene rings is 2. The Morgan fingerprint density at radius 2 is 1.57 bits per heavy atom. The van der Waals surface area contributed by atoms with Gasteiger partial charge in [-0.1, -0.05) is 42.5 Å². The maximum Gasteiger partial charge on any atom is 0.0429 e. The minimum atomic E-state index is 0.634. The van der Waals surface area contributed by atoms with Crippen molar-refractivity contribution in [1.29, 1.82) is 0 Å². The lowest BCUT2D eigenvalue weighted by atomic mass is 10.0. The predicted molar refractivity (Wildman–Crippen MR) is 88.5 cm³/mol. The first-order chi connectivity index (χ1) is 10.4. The van der Waals surface area contributed by atoms with Gasteiger partial charge in [0.25, 0.3) is 0 Å². The first-order valence-electron chi connectivity index (χ1n) is 8.06. The summed E-state index contributed by atoms with van der Waals surface area (Å²) in [6.07, 6.45) is 4.01. The lowest BCUT2D eigenvalue weighted by Gasteiger charge is -2.22. The Morgan fingerprint density at radius 1 is 0.810 bits per heavy atom. The molecule has 2 unspecified atom stereocenters. The van der Waals surface area contributed by atoms with E-state index < -0.39 is 0 Å². The molecular weight excluding hydrogens is 256 g/mol. The third-order valence-corrected chi connectivity index (χ3v) is 4.95. The molecule has 0 bridgehead atoms. The lowest BCUT2D eigenvalue weighted by molar-refractivity contribution is 0.318. The minimum Gasteiger partial charge on any atom is -0.381 e. The van der Waals surface area contributed by atoms with Crippen molar-refractivity contribution in [1.82, 2.24) is 4.90 Å². The maximum atomic E-state index is 3.75. The Kier molecular flexibility index (Phi) is 3.40. The van der Waals surface area contributed by atoms with Gasteiger partial charge in [-0.3, -0.25) is 4.90 Å². The number of hydrogen-bond acceptors (Lipinski definition) is 2. The van der Waals surface area contributed by atoms with Gasteiger partial charge in [-0.05, 0) is 49.1 Å². The van der Waals surface area contributed by atoms with Crippen LogP contribution < -0.4 is 5.32 Å². The van der Waals surface area contributed by atoms with E-state index in [-0.39, 0.29) is 0 Å². The van der Waals surface area contributed by atoms with Crippen LogP contribution in [0.4, 0.5) is 5.69 Å². The molecule has 2 aliphatic heterocycles. The predicted octanol–water partition coefficient (Wildman–Crippen LogP) is 4.00. The highest BCUT2D eigenvalue weighted by Gasteiger charge is 2.36. The van der Waals surface area contributed by atoms with E-state index in [1.807, 2.05) is 0 Å². The van der Waals surface area contributed by atoms with Gasteiger partial charge in [-0.25, -0.2) is 0 Å². The Morgan fingerprint density at radius 3 is 2.38 bits per heavy atom. The monoisotopic (exact) mass is 278 g/mol. The summed E-state index contributed by atoms with van der Waals surface area (Å²) < 4.78 is 0. The van der Waals surface area contributed by atoms with E-state index in [0.717, 1.165) is 6.04 Å². The van der Waals surface area contributed by atoms with Gasteiger partial charge in [0.1, 0.15) is 0 Å². The highest BCUT2D eigenvalue weighted by Crippen LogP contribution is 2.30. The van der Waals surface area contributed by atoms with E-state index in [1.54, 1.807) is 0 Å². The second-order valence-electron chi connectivity index (χ2n) is 6.23. The third-order valence-electron chi connectivity index (χ3n) is 4.95. The van der Waals surface area contributed by atoms with Crippen LogP contribution in [0.3, 0.4) is 0 Å². The van der Waals surface area contributed by atoms with Gasteiger partial charge in [-0.15, -0.1) is 0 Å². The van der Waals surface area contributed by atoms with Crippen LogP contribution in [-0.4, -0.2) is 30.1 Å². The highest BCUT2D eigenvalue weighted by atomic mass is 15.2. The van der Waals surface area contributed by atoms with Gasteiger partial charge in [0, 0.05) is 24.3 Å². The molecule has 0 radical (unpaired) electrons. The molecule has 2 aromatic carbocycles. The van der Waals surface area contributed by atoms with Crippen LogP contribution in [0.1, 0.15) is 19.3 Å². The molecule has 2 heterocycles. The molecule has 2 saturated heterocycles. The Bertz CT molecular complexity index is 591. The average Bonchev–Trinajstić information content (AvgIpc) is 3.14. The first kappa shape index (κ1) is 12.9. The molecule has 0 aromatic heterocycles. The first-order valence-corrected chi connectivity index (χ1v) is 8.06. The summed E-state index contributed by atoms with van der Waals surface area (Å²) in [4.78, 5) is 2.65. The Labute approximate surface area is 126 Å². The number of nitrogens with zero attached hydrogens (tertiary/aromatic N) is 1. The normalized spacial score (nSPS) is 25.0. The zero-order valence-corrected chi connectivity index (χ0v) is 12.3. The van der Waals surface area contributed by atoms with Gasteiger partial charge >= 0.3 is 0 Å². The van der Waals surface area contributed by atoms with Crippen LogP contribution in [0, 0.1) is 0 Å². The van der Waals surface area contributed by atoms with E-state index in [0.29, 0.717) is 6.04 Å². The summed E-state index contributed by atoms with van der Waals surface area (Å²) in [5, 5.41) is 3.75. The molecule has 2 fully saturated rings. The molecule has 21 heavy (non-hydrogen) atoms. The molecule has 1 N–H and O–H groups in total. The van der Waals surface area contributed by atoms with Gasteiger partial charge in [0.15, 0.2) is 0 Å². The van der Waals surface area contributed by atoms with Crippen LogP contribution in [0.2, 0.25) is 0 Å². The van der Waals surface area contributed by atoms with E-state index >= 15 is 0 Å². The molecule has 0 saturated carbocycles. The average molecular weight is 278 g/mol. The van der Waals surface area contributed by atoms with Crippen LogP contribution >= 0.6 is 0 Å². The highest BCUT2D eigenvalue weighted by molar-refractivity contribution is 5.66. The number of anilines is 1. The molecule has 108 valence electrons. The van der Waals surface area contributed by atoms with Crippen molar-refractivity contribution in [2.24, 2.45) is 0 Å². The lowest BCUT2D eigenvalue weighted by Crippen LogP contribution is -2.33. The van der Waals surface area contributed by atoms with E-state index in [2.05, 4.69) is 64.8 Å². The molecule has 0 spiro atoms. The molecule has 0 amide bonds. The van der Waals surface area contributed by atoms with Crippen molar-refractivity contribution in [3.05, 3.63) is 54.6 Å². The van der Waals surface area contributed by atoms with E-state index in [1.165, 1.54) is 49.2 Å². The molecule has 2 atom stereocenters. The van der Waals surface area contributed by atoms with Gasteiger partial charge < -0.3 is 5.32 Å². The Hall–Kier alpha value is -1.80. The zero-order chi connectivity index (χ0) is 14.1. The standard InChI is InChI=1S/C19H22N2/c1-2-5-15(6-3-1)16-8-10-17(11-9-16)20-18-12-14-21-13-4-7-19(18)21/h1-3,5-6,8-11,18-20H,4,7,12-14H2. The zero-order valence-electron chi connectivity index (χ0n) is 12.3. The topological polar surface area (TPSA) is 15.3 Å². The van der Waals surface area contributed by atoms with Crippen molar-refractivity contribution < 1.29 is 0 Å². The summed E-state index contributed by atoms with van der Waals surface area (Å²) in [5.74, 6) is 0. The number of fused-ring (bicyclic) bond motifs is 1. The quantitative estimate of drug-likeness (QED) is 0.913. The summed E-state index contributed by atoms with van der Waals surface area (Å²) in [7, 11) is 0. The van der Waals surface area contributed by atoms with E-state index in [4.69, 9.17) is 0 Å². The van der Waals surface area contributed by atoms with Gasteiger partial charge in [0.2, 0.25) is 0 Å². The van der Waals surface area contributed by atoms with Crippen molar-refractivity contribution in [3.63, 3.8) is 0 Å². The molecule has 2 heteroatoms. The number of rotatable bonds is 3. The summed E-state index contributed by atoms with van der Waals surface area (Å²) in [6, 6.07) is 20.9. The summed E-state index contributed by atoms with van der Waals surface area (Å²) in [5.41, 5.74) is 3.83. The minimum absolute atomic E-state index is 0.634. The van der Waals surface area contributed by atoms with Crippen molar-refractivity contribution in [3.8, 4) is 11.1 Å². The van der Waals surface area contributed by atoms with Crippen LogP contribution in [0.15, 0.2) is 54.6 Å². The van der Waals surface area contributed by atoms with Crippen LogP contribution in [0.5, 0.6) is 0 Å². The van der Waals surface area contributed by atoms with Crippen molar-refractivity contribution >= 4 is 5.69 Å². The summed E-state index contributed by atoms with van der Waals surface area (Å²) in [6.45, 7) is 2.57. The Balaban J connectivity index is 1.47. The second kappa shape index (κ2) is 5.53. The molecule has 2 aromatic rings. The van der Waals surface area contributed by atoms with Gasteiger partial charge in [-0.2, -0.15) is 0 Å². The van der Waals surface area contributed by atoms with Crippen molar-refractivity contribution in [2.45, 2.75) is 31.3 Å². The fraction of sp³-hybridized carbons (Fsp3) is 0.368. The third kappa shape index (κ3) is 2.56. The largest absolute Gasteiger partial charge is 0.381 e. The fourth-order valence-corrected chi connectivity index (χ4v) is 3.85.